The van der Waals surface area contributed by atoms with Gasteiger partial charge in [-0.25, -0.2) is 9.97 Å². The minimum absolute atomic E-state index is 0.0413. The van der Waals surface area contributed by atoms with Crippen molar-refractivity contribution in [2.45, 2.75) is 26.3 Å². The molecule has 25 heavy (non-hydrogen) atoms. The van der Waals surface area contributed by atoms with Crippen LogP contribution in [0.1, 0.15) is 19.8 Å². The van der Waals surface area contributed by atoms with Gasteiger partial charge in [-0.05, 0) is 31.9 Å². The summed E-state index contributed by atoms with van der Waals surface area (Å²) in [6.45, 7) is 4.73. The van der Waals surface area contributed by atoms with Gasteiger partial charge >= 0.3 is 0 Å². The zero-order valence-corrected chi connectivity index (χ0v) is 15.0. The smallest absolute Gasteiger partial charge is 0.229 e. The molecule has 2 aromatic heterocycles. The van der Waals surface area contributed by atoms with E-state index in [1.807, 2.05) is 11.4 Å². The van der Waals surface area contributed by atoms with E-state index in [-0.39, 0.29) is 11.8 Å². The second-order valence-electron chi connectivity index (χ2n) is 6.23. The molecule has 130 valence electrons. The Bertz CT molecular complexity index is 865. The summed E-state index contributed by atoms with van der Waals surface area (Å²) in [5, 5.41) is 5.47. The van der Waals surface area contributed by atoms with Crippen LogP contribution in [-0.2, 0) is 11.3 Å². The van der Waals surface area contributed by atoms with Crippen LogP contribution in [0.25, 0.3) is 11.0 Å². The predicted molar refractivity (Wildman–Crippen MR) is 101 cm³/mol. The van der Waals surface area contributed by atoms with Crippen LogP contribution < -0.4 is 10.2 Å². The number of carbonyl (C=O) groups excluding carboxylic acids is 1. The molecular weight excluding hydrogens is 334 g/mol. The number of fused-ring (bicyclic) bond motifs is 1. The van der Waals surface area contributed by atoms with Gasteiger partial charge in [0.1, 0.15) is 0 Å². The molecule has 7 heteroatoms. The number of nitrogens with one attached hydrogen (secondary N) is 1. The Labute approximate surface area is 150 Å². The van der Waals surface area contributed by atoms with Gasteiger partial charge < -0.3 is 14.8 Å². The number of amides is 1. The average molecular weight is 355 g/mol. The summed E-state index contributed by atoms with van der Waals surface area (Å²) in [6.07, 6.45) is 3.38. The molecule has 3 aromatic rings. The lowest BCUT2D eigenvalue weighted by atomic mass is 9.96. The van der Waals surface area contributed by atoms with Crippen molar-refractivity contribution in [3.05, 3.63) is 35.8 Å². The Morgan fingerprint density at radius 1 is 1.32 bits per heavy atom. The minimum atomic E-state index is 0.0413. The highest BCUT2D eigenvalue weighted by molar-refractivity contribution is 7.13. The Morgan fingerprint density at radius 3 is 2.84 bits per heavy atom. The lowest BCUT2D eigenvalue weighted by Crippen LogP contribution is -2.39. The lowest BCUT2D eigenvalue weighted by Gasteiger charge is -2.32. The number of anilines is 2. The van der Waals surface area contributed by atoms with E-state index in [1.54, 1.807) is 6.20 Å². The number of imidazole rings is 1. The monoisotopic (exact) mass is 355 g/mol. The second-order valence-corrected chi connectivity index (χ2v) is 7.13. The Balaban J connectivity index is 1.46. The average Bonchev–Trinajstić information content (AvgIpc) is 3.28. The number of rotatable bonds is 4. The summed E-state index contributed by atoms with van der Waals surface area (Å²) in [6, 6.07) is 8.24. The number of thiazole rings is 1. The topological polar surface area (TPSA) is 63.1 Å². The van der Waals surface area contributed by atoms with Crippen molar-refractivity contribution in [3.8, 4) is 0 Å². The van der Waals surface area contributed by atoms with Crippen molar-refractivity contribution in [3.63, 3.8) is 0 Å². The molecule has 1 amide bonds. The minimum Gasteiger partial charge on any atom is -0.342 e. The molecular formula is C18H21N5OS. The standard InChI is InChI=1S/C18H21N5OS/c1-2-23-15-6-4-3-5-14(15)20-18(23)22-10-7-13(8-11-22)16(24)21-17-19-9-12-25-17/h3-6,9,12-13H,2,7-8,10-11H2,1H3,(H,19,21,24). The molecule has 1 aliphatic rings. The first-order chi connectivity index (χ1) is 12.3. The number of benzene rings is 1. The third-order valence-electron chi connectivity index (χ3n) is 4.76. The van der Waals surface area contributed by atoms with E-state index >= 15 is 0 Å². The van der Waals surface area contributed by atoms with Gasteiger partial charge in [0.25, 0.3) is 0 Å². The van der Waals surface area contributed by atoms with Crippen LogP contribution in [0.3, 0.4) is 0 Å². The summed E-state index contributed by atoms with van der Waals surface area (Å²) >= 11 is 1.45. The van der Waals surface area contributed by atoms with Crippen molar-refractivity contribution in [2.75, 3.05) is 23.3 Å². The Kier molecular flexibility index (Phi) is 4.40. The predicted octanol–water partition coefficient (Wildman–Crippen LogP) is 3.37. The van der Waals surface area contributed by atoms with E-state index < -0.39 is 0 Å². The normalized spacial score (nSPS) is 15.6. The molecule has 0 saturated carbocycles. The second kappa shape index (κ2) is 6.84. The molecule has 0 atom stereocenters. The first-order valence-electron chi connectivity index (χ1n) is 8.67. The fraction of sp³-hybridized carbons (Fsp3) is 0.389. The van der Waals surface area contributed by atoms with Gasteiger partial charge in [0.2, 0.25) is 11.9 Å². The SMILES string of the molecule is CCn1c(N2CCC(C(=O)Nc3nccs3)CC2)nc2ccccc21. The maximum absolute atomic E-state index is 12.4. The lowest BCUT2D eigenvalue weighted by molar-refractivity contribution is -0.120. The van der Waals surface area contributed by atoms with Crippen LogP contribution in [-0.4, -0.2) is 33.5 Å². The molecule has 6 nitrogen and oxygen atoms in total. The summed E-state index contributed by atoms with van der Waals surface area (Å²) in [5.41, 5.74) is 2.20. The van der Waals surface area contributed by atoms with Crippen molar-refractivity contribution in [2.24, 2.45) is 5.92 Å². The summed E-state index contributed by atoms with van der Waals surface area (Å²) in [7, 11) is 0. The maximum atomic E-state index is 12.4. The summed E-state index contributed by atoms with van der Waals surface area (Å²) in [5.74, 6) is 1.14. The van der Waals surface area contributed by atoms with Crippen LogP contribution >= 0.6 is 11.3 Å². The molecule has 0 unspecified atom stereocenters. The summed E-state index contributed by atoms with van der Waals surface area (Å²) < 4.78 is 2.26. The summed E-state index contributed by atoms with van der Waals surface area (Å²) in [4.78, 5) is 23.6. The molecule has 1 aliphatic heterocycles. The quantitative estimate of drug-likeness (QED) is 0.779. The van der Waals surface area contributed by atoms with E-state index in [9.17, 15) is 4.79 Å². The van der Waals surface area contributed by atoms with Gasteiger partial charge in [0.05, 0.1) is 11.0 Å². The number of nitrogens with zero attached hydrogens (tertiary/aromatic N) is 4. The van der Waals surface area contributed by atoms with Gasteiger partial charge in [0, 0.05) is 37.1 Å². The van der Waals surface area contributed by atoms with Gasteiger partial charge in [-0.15, -0.1) is 11.3 Å². The fourth-order valence-electron chi connectivity index (χ4n) is 3.45. The van der Waals surface area contributed by atoms with Crippen molar-refractivity contribution in [1.82, 2.24) is 14.5 Å². The number of carbonyl (C=O) groups is 1. The molecule has 0 bridgehead atoms. The van der Waals surface area contributed by atoms with Crippen LogP contribution in [0.2, 0.25) is 0 Å². The highest BCUT2D eigenvalue weighted by Crippen LogP contribution is 2.27. The first kappa shape index (κ1) is 16.1. The van der Waals surface area contributed by atoms with Gasteiger partial charge in [-0.3, -0.25) is 4.79 Å². The van der Waals surface area contributed by atoms with E-state index in [1.165, 1.54) is 16.9 Å². The van der Waals surface area contributed by atoms with Crippen molar-refractivity contribution in [1.29, 1.82) is 0 Å². The third-order valence-corrected chi connectivity index (χ3v) is 5.45. The van der Waals surface area contributed by atoms with E-state index in [0.29, 0.717) is 5.13 Å². The van der Waals surface area contributed by atoms with Crippen LogP contribution in [0.5, 0.6) is 0 Å². The Hall–Kier alpha value is -2.41. The molecule has 1 N–H and O–H groups in total. The van der Waals surface area contributed by atoms with E-state index in [4.69, 9.17) is 4.98 Å². The highest BCUT2D eigenvalue weighted by Gasteiger charge is 2.27. The van der Waals surface area contributed by atoms with Crippen LogP contribution in [0.4, 0.5) is 11.1 Å². The Morgan fingerprint density at radius 2 is 2.12 bits per heavy atom. The molecule has 3 heterocycles. The van der Waals surface area contributed by atoms with Crippen molar-refractivity contribution >= 4 is 39.4 Å². The molecule has 0 spiro atoms. The molecule has 4 rings (SSSR count). The maximum Gasteiger partial charge on any atom is 0.229 e. The number of aryl methyl sites for hydroxylation is 1. The molecule has 1 fully saturated rings. The van der Waals surface area contributed by atoms with E-state index in [2.05, 4.69) is 44.9 Å². The zero-order valence-electron chi connectivity index (χ0n) is 14.2. The van der Waals surface area contributed by atoms with Crippen LogP contribution in [0.15, 0.2) is 35.8 Å². The molecule has 1 aromatic carbocycles. The van der Waals surface area contributed by atoms with Gasteiger partial charge in [-0.1, -0.05) is 12.1 Å². The van der Waals surface area contributed by atoms with Gasteiger partial charge in [0.15, 0.2) is 5.13 Å². The highest BCUT2D eigenvalue weighted by atomic mass is 32.1. The largest absolute Gasteiger partial charge is 0.342 e. The number of aromatic nitrogens is 3. The zero-order chi connectivity index (χ0) is 17.2. The molecule has 0 aliphatic carbocycles. The first-order valence-corrected chi connectivity index (χ1v) is 9.55. The molecule has 0 radical (unpaired) electrons. The van der Waals surface area contributed by atoms with Crippen LogP contribution in [0, 0.1) is 5.92 Å². The van der Waals surface area contributed by atoms with Crippen molar-refractivity contribution < 1.29 is 4.79 Å². The van der Waals surface area contributed by atoms with E-state index in [0.717, 1.165) is 43.9 Å². The number of piperidine rings is 1. The van der Waals surface area contributed by atoms with Gasteiger partial charge in [-0.2, -0.15) is 0 Å². The number of hydrogen-bond donors (Lipinski definition) is 1. The fourth-order valence-corrected chi connectivity index (χ4v) is 3.98. The number of hydrogen-bond acceptors (Lipinski definition) is 5. The molecule has 1 saturated heterocycles. The number of para-hydroxylation sites is 2. The third kappa shape index (κ3) is 3.11.